The lowest BCUT2D eigenvalue weighted by molar-refractivity contribution is -0.130. The Kier molecular flexibility index (Phi) is 3.78. The Hall–Kier alpha value is -2.10. The molecule has 1 fully saturated rings. The highest BCUT2D eigenvalue weighted by atomic mass is 16.2. The monoisotopic (exact) mass is 283 g/mol. The number of carbonyl (C=O) groups is 1. The molecule has 4 nitrogen and oxygen atoms in total. The van der Waals surface area contributed by atoms with Gasteiger partial charge in [-0.3, -0.25) is 4.79 Å². The molecule has 0 atom stereocenters. The van der Waals surface area contributed by atoms with Crippen molar-refractivity contribution in [2.24, 2.45) is 0 Å². The van der Waals surface area contributed by atoms with Gasteiger partial charge in [0.2, 0.25) is 5.91 Å². The topological polar surface area (TPSA) is 38.1 Å². The number of benzene rings is 1. The van der Waals surface area contributed by atoms with E-state index in [1.807, 2.05) is 17.3 Å². The Morgan fingerprint density at radius 2 is 2.14 bits per heavy atom. The van der Waals surface area contributed by atoms with Crippen LogP contribution in [0.15, 0.2) is 36.7 Å². The molecule has 0 spiro atoms. The fourth-order valence-corrected chi connectivity index (χ4v) is 2.64. The van der Waals surface area contributed by atoms with E-state index in [-0.39, 0.29) is 5.91 Å². The summed E-state index contributed by atoms with van der Waals surface area (Å²) in [6, 6.07) is 8.80. The van der Waals surface area contributed by atoms with E-state index in [4.69, 9.17) is 0 Å². The summed E-state index contributed by atoms with van der Waals surface area (Å²) in [4.78, 5) is 18.1. The largest absolute Gasteiger partial charge is 0.332 e. The van der Waals surface area contributed by atoms with Crippen LogP contribution in [-0.4, -0.2) is 26.4 Å². The van der Waals surface area contributed by atoms with Crippen LogP contribution < -0.4 is 0 Å². The zero-order valence-electron chi connectivity index (χ0n) is 12.6. The molecule has 21 heavy (non-hydrogen) atoms. The van der Waals surface area contributed by atoms with Crippen molar-refractivity contribution in [1.29, 1.82) is 0 Å². The maximum atomic E-state index is 11.8. The standard InChI is InChI=1S/C17H21N3O/c1-13-5-3-4-6-15(13)11-19-10-9-18-17(19)12-20(14(2)21)16-7-8-16/h3-6,9-10,16H,7-8,11-12H2,1-2H3. The first kappa shape index (κ1) is 13.9. The maximum absolute atomic E-state index is 11.8. The Morgan fingerprint density at radius 3 is 2.81 bits per heavy atom. The second-order valence-electron chi connectivity index (χ2n) is 5.78. The molecule has 1 aromatic heterocycles. The summed E-state index contributed by atoms with van der Waals surface area (Å²) in [6.45, 7) is 5.18. The average Bonchev–Trinajstić information content (AvgIpc) is 3.20. The van der Waals surface area contributed by atoms with E-state index in [1.165, 1.54) is 11.1 Å². The van der Waals surface area contributed by atoms with Crippen LogP contribution in [0.1, 0.15) is 36.7 Å². The first-order valence-electron chi connectivity index (χ1n) is 7.47. The summed E-state index contributed by atoms with van der Waals surface area (Å²) >= 11 is 0. The Balaban J connectivity index is 1.77. The normalized spacial score (nSPS) is 14.2. The summed E-state index contributed by atoms with van der Waals surface area (Å²) < 4.78 is 2.14. The van der Waals surface area contributed by atoms with Gasteiger partial charge in [-0.2, -0.15) is 0 Å². The molecular formula is C17H21N3O. The molecule has 1 aliphatic carbocycles. The number of imidazole rings is 1. The minimum Gasteiger partial charge on any atom is -0.332 e. The van der Waals surface area contributed by atoms with Crippen LogP contribution in [0, 0.1) is 6.92 Å². The molecule has 0 aliphatic heterocycles. The molecule has 1 aliphatic rings. The van der Waals surface area contributed by atoms with Gasteiger partial charge in [0.05, 0.1) is 6.54 Å². The van der Waals surface area contributed by atoms with Crippen LogP contribution in [-0.2, 0) is 17.9 Å². The van der Waals surface area contributed by atoms with Gasteiger partial charge in [0.15, 0.2) is 0 Å². The highest BCUT2D eigenvalue weighted by Crippen LogP contribution is 2.28. The Labute approximate surface area is 125 Å². The summed E-state index contributed by atoms with van der Waals surface area (Å²) in [5, 5.41) is 0. The molecule has 1 saturated carbocycles. The quantitative estimate of drug-likeness (QED) is 0.846. The van der Waals surface area contributed by atoms with Crippen LogP contribution in [0.4, 0.5) is 0 Å². The van der Waals surface area contributed by atoms with Crippen LogP contribution in [0.3, 0.4) is 0 Å². The fourth-order valence-electron chi connectivity index (χ4n) is 2.64. The number of nitrogens with zero attached hydrogens (tertiary/aromatic N) is 3. The Bertz CT molecular complexity index is 643. The number of hydrogen-bond acceptors (Lipinski definition) is 2. The molecule has 0 N–H and O–H groups in total. The zero-order chi connectivity index (χ0) is 14.8. The van der Waals surface area contributed by atoms with E-state index in [0.29, 0.717) is 12.6 Å². The predicted molar refractivity (Wildman–Crippen MR) is 81.8 cm³/mol. The average molecular weight is 283 g/mol. The molecule has 0 radical (unpaired) electrons. The summed E-state index contributed by atoms with van der Waals surface area (Å²) in [7, 11) is 0. The Morgan fingerprint density at radius 1 is 1.38 bits per heavy atom. The van der Waals surface area contributed by atoms with Gasteiger partial charge in [0, 0.05) is 31.9 Å². The smallest absolute Gasteiger partial charge is 0.220 e. The zero-order valence-corrected chi connectivity index (χ0v) is 12.6. The van der Waals surface area contributed by atoms with Gasteiger partial charge >= 0.3 is 0 Å². The van der Waals surface area contributed by atoms with Crippen LogP contribution in [0.25, 0.3) is 0 Å². The van der Waals surface area contributed by atoms with E-state index < -0.39 is 0 Å². The molecule has 1 aromatic carbocycles. The molecule has 1 amide bonds. The number of aromatic nitrogens is 2. The van der Waals surface area contributed by atoms with Crippen molar-refractivity contribution in [3.63, 3.8) is 0 Å². The van der Waals surface area contributed by atoms with Crippen LogP contribution in [0.5, 0.6) is 0 Å². The number of carbonyl (C=O) groups excluding carboxylic acids is 1. The molecule has 4 heteroatoms. The minimum atomic E-state index is 0.142. The first-order valence-corrected chi connectivity index (χ1v) is 7.47. The van der Waals surface area contributed by atoms with Crippen LogP contribution in [0.2, 0.25) is 0 Å². The van der Waals surface area contributed by atoms with Gasteiger partial charge in [-0.15, -0.1) is 0 Å². The third-order valence-corrected chi connectivity index (χ3v) is 4.11. The first-order chi connectivity index (χ1) is 10.1. The summed E-state index contributed by atoms with van der Waals surface area (Å²) in [5.41, 5.74) is 2.57. The van der Waals surface area contributed by atoms with Crippen molar-refractivity contribution in [2.75, 3.05) is 0 Å². The van der Waals surface area contributed by atoms with E-state index >= 15 is 0 Å². The lowest BCUT2D eigenvalue weighted by Gasteiger charge is -2.21. The van der Waals surface area contributed by atoms with Crippen molar-refractivity contribution >= 4 is 5.91 Å². The van der Waals surface area contributed by atoms with E-state index in [9.17, 15) is 4.79 Å². The molecule has 3 rings (SSSR count). The third kappa shape index (κ3) is 3.15. The van der Waals surface area contributed by atoms with Gasteiger partial charge in [-0.05, 0) is 30.9 Å². The SMILES string of the molecule is CC(=O)N(Cc1nccn1Cc1ccccc1C)C1CC1. The van der Waals surface area contributed by atoms with Crippen molar-refractivity contribution in [3.8, 4) is 0 Å². The van der Waals surface area contributed by atoms with Crippen molar-refractivity contribution < 1.29 is 4.79 Å². The van der Waals surface area contributed by atoms with E-state index in [0.717, 1.165) is 25.2 Å². The van der Waals surface area contributed by atoms with E-state index in [2.05, 4.69) is 40.7 Å². The van der Waals surface area contributed by atoms with Crippen LogP contribution >= 0.6 is 0 Å². The second-order valence-corrected chi connectivity index (χ2v) is 5.78. The molecule has 110 valence electrons. The second kappa shape index (κ2) is 5.72. The van der Waals surface area contributed by atoms with Crippen molar-refractivity contribution in [2.45, 2.75) is 45.8 Å². The number of aryl methyl sites for hydroxylation is 1. The molecule has 1 heterocycles. The number of amides is 1. The highest BCUT2D eigenvalue weighted by Gasteiger charge is 2.31. The lowest BCUT2D eigenvalue weighted by atomic mass is 10.1. The maximum Gasteiger partial charge on any atom is 0.220 e. The predicted octanol–water partition coefficient (Wildman–Crippen LogP) is 2.75. The highest BCUT2D eigenvalue weighted by molar-refractivity contribution is 5.73. The van der Waals surface area contributed by atoms with Crippen molar-refractivity contribution in [1.82, 2.24) is 14.5 Å². The molecule has 2 aromatic rings. The lowest BCUT2D eigenvalue weighted by Crippen LogP contribution is -2.31. The molecule has 0 unspecified atom stereocenters. The minimum absolute atomic E-state index is 0.142. The van der Waals surface area contributed by atoms with Gasteiger partial charge in [0.1, 0.15) is 5.82 Å². The van der Waals surface area contributed by atoms with Gasteiger partial charge < -0.3 is 9.47 Å². The summed E-state index contributed by atoms with van der Waals surface area (Å²) in [5.74, 6) is 1.10. The van der Waals surface area contributed by atoms with Gasteiger partial charge in [-0.25, -0.2) is 4.98 Å². The number of hydrogen-bond donors (Lipinski definition) is 0. The van der Waals surface area contributed by atoms with Crippen molar-refractivity contribution in [3.05, 3.63) is 53.6 Å². The van der Waals surface area contributed by atoms with Gasteiger partial charge in [0.25, 0.3) is 0 Å². The molecule has 0 bridgehead atoms. The van der Waals surface area contributed by atoms with E-state index in [1.54, 1.807) is 6.92 Å². The molecule has 0 saturated heterocycles. The van der Waals surface area contributed by atoms with Gasteiger partial charge in [-0.1, -0.05) is 24.3 Å². The fraction of sp³-hybridized carbons (Fsp3) is 0.412. The summed E-state index contributed by atoms with van der Waals surface area (Å²) in [6.07, 6.45) is 6.06. The number of rotatable bonds is 5. The third-order valence-electron chi connectivity index (χ3n) is 4.11. The molecular weight excluding hydrogens is 262 g/mol.